The number of ether oxygens (including phenoxy) is 1. The van der Waals surface area contributed by atoms with Crippen LogP contribution in [0, 0.1) is 0 Å². The van der Waals surface area contributed by atoms with Gasteiger partial charge < -0.3 is 25.4 Å². The Labute approximate surface area is 118 Å². The topological polar surface area (TPSA) is 79.0 Å². The van der Waals surface area contributed by atoms with Crippen molar-refractivity contribution in [2.45, 2.75) is 6.10 Å². The summed E-state index contributed by atoms with van der Waals surface area (Å²) in [6.07, 6.45) is -0.300. The predicted molar refractivity (Wildman–Crippen MR) is 77.9 cm³/mol. The normalized spacial score (nSPS) is 18.9. The second kappa shape index (κ2) is 6.11. The quantitative estimate of drug-likeness (QED) is 0.771. The number of rotatable bonds is 3. The third kappa shape index (κ3) is 3.02. The van der Waals surface area contributed by atoms with Gasteiger partial charge in [-0.15, -0.1) is 0 Å². The van der Waals surface area contributed by atoms with E-state index in [4.69, 9.17) is 15.6 Å². The molecule has 6 nitrogen and oxygen atoms in total. The molecule has 3 N–H and O–H groups in total. The highest BCUT2D eigenvalue weighted by atomic mass is 16.5. The molecule has 0 aliphatic carbocycles. The molecule has 1 aliphatic heterocycles. The third-order valence-corrected chi connectivity index (χ3v) is 3.39. The van der Waals surface area contributed by atoms with Crippen LogP contribution in [-0.2, 0) is 4.74 Å². The zero-order valence-electron chi connectivity index (χ0n) is 11.9. The number of carbonyl (C=O) groups excluding carboxylic acids is 1. The molecule has 1 fully saturated rings. The van der Waals surface area contributed by atoms with Crippen LogP contribution in [0.15, 0.2) is 18.2 Å². The number of carbonyl (C=O) groups is 1. The number of aliphatic hydroxyl groups is 1. The highest BCUT2D eigenvalue weighted by Gasteiger charge is 2.24. The van der Waals surface area contributed by atoms with Crippen LogP contribution in [0.3, 0.4) is 0 Å². The lowest BCUT2D eigenvalue weighted by Crippen LogP contribution is -2.46. The summed E-state index contributed by atoms with van der Waals surface area (Å²) in [5.74, 6) is -0.0799. The summed E-state index contributed by atoms with van der Waals surface area (Å²) < 4.78 is 5.34. The number of anilines is 2. The predicted octanol–water partition coefficient (Wildman–Crippen LogP) is 0.168. The van der Waals surface area contributed by atoms with Crippen molar-refractivity contribution in [3.05, 3.63) is 23.8 Å². The van der Waals surface area contributed by atoms with Crippen LogP contribution in [0.25, 0.3) is 0 Å². The number of benzene rings is 1. The molecule has 0 bridgehead atoms. The molecule has 0 aromatic heterocycles. The number of hydrogen-bond donors (Lipinski definition) is 2. The van der Waals surface area contributed by atoms with E-state index in [9.17, 15) is 4.79 Å². The average Bonchev–Trinajstić information content (AvgIpc) is 2.46. The molecule has 1 aromatic rings. The van der Waals surface area contributed by atoms with Crippen molar-refractivity contribution in [1.82, 2.24) is 4.90 Å². The van der Waals surface area contributed by atoms with E-state index in [2.05, 4.69) is 0 Å². The van der Waals surface area contributed by atoms with E-state index in [0.717, 1.165) is 5.69 Å². The van der Waals surface area contributed by atoms with E-state index in [1.165, 1.54) is 0 Å². The first-order valence-corrected chi connectivity index (χ1v) is 6.61. The van der Waals surface area contributed by atoms with E-state index < -0.39 is 0 Å². The molecular weight excluding hydrogens is 258 g/mol. The Bertz CT molecular complexity index is 491. The van der Waals surface area contributed by atoms with Crippen LogP contribution >= 0.6 is 0 Å². The Morgan fingerprint density at radius 1 is 1.55 bits per heavy atom. The first kappa shape index (κ1) is 14.6. The fourth-order valence-electron chi connectivity index (χ4n) is 2.29. The molecule has 1 aromatic carbocycles. The first-order valence-electron chi connectivity index (χ1n) is 6.61. The van der Waals surface area contributed by atoms with Crippen molar-refractivity contribution >= 4 is 17.3 Å². The van der Waals surface area contributed by atoms with Crippen LogP contribution in [0.2, 0.25) is 0 Å². The molecule has 1 amide bonds. The Morgan fingerprint density at radius 2 is 2.30 bits per heavy atom. The fourth-order valence-corrected chi connectivity index (χ4v) is 2.29. The Morgan fingerprint density at radius 3 is 2.90 bits per heavy atom. The summed E-state index contributed by atoms with van der Waals surface area (Å²) in [4.78, 5) is 16.0. The van der Waals surface area contributed by atoms with E-state index in [1.807, 2.05) is 25.1 Å². The average molecular weight is 279 g/mol. The summed E-state index contributed by atoms with van der Waals surface area (Å²) in [7, 11) is 3.81. The number of hydrogen-bond acceptors (Lipinski definition) is 5. The second-order valence-electron chi connectivity index (χ2n) is 5.09. The van der Waals surface area contributed by atoms with Crippen LogP contribution in [-0.4, -0.2) is 62.4 Å². The SMILES string of the molecule is CN(C)c1ccc(C(=O)N2CCOC(CO)C2)cc1N. The van der Waals surface area contributed by atoms with Gasteiger partial charge in [0.25, 0.3) is 5.91 Å². The fraction of sp³-hybridized carbons (Fsp3) is 0.500. The molecule has 1 atom stereocenters. The highest BCUT2D eigenvalue weighted by Crippen LogP contribution is 2.23. The smallest absolute Gasteiger partial charge is 0.254 e. The van der Waals surface area contributed by atoms with Crippen LogP contribution in [0.5, 0.6) is 0 Å². The minimum absolute atomic E-state index is 0.0779. The lowest BCUT2D eigenvalue weighted by molar-refractivity contribution is -0.0447. The van der Waals surface area contributed by atoms with Crippen molar-refractivity contribution < 1.29 is 14.6 Å². The maximum absolute atomic E-state index is 12.4. The van der Waals surface area contributed by atoms with E-state index in [1.54, 1.807) is 17.0 Å². The second-order valence-corrected chi connectivity index (χ2v) is 5.09. The number of aliphatic hydroxyl groups excluding tert-OH is 1. The summed E-state index contributed by atoms with van der Waals surface area (Å²) in [6, 6.07) is 5.31. The lowest BCUT2D eigenvalue weighted by Gasteiger charge is -2.32. The highest BCUT2D eigenvalue weighted by molar-refractivity contribution is 5.96. The standard InChI is InChI=1S/C14H21N3O3/c1-16(2)13-4-3-10(7-12(13)15)14(19)17-5-6-20-11(8-17)9-18/h3-4,7,11,18H,5-6,8-9,15H2,1-2H3. The molecule has 1 aliphatic rings. The molecule has 1 saturated heterocycles. The maximum atomic E-state index is 12.4. The van der Waals surface area contributed by atoms with E-state index >= 15 is 0 Å². The molecule has 20 heavy (non-hydrogen) atoms. The number of morpholine rings is 1. The van der Waals surface area contributed by atoms with Crippen LogP contribution in [0.4, 0.5) is 11.4 Å². The van der Waals surface area contributed by atoms with Gasteiger partial charge in [-0.25, -0.2) is 0 Å². The molecule has 2 rings (SSSR count). The molecular formula is C14H21N3O3. The Balaban J connectivity index is 2.15. The van der Waals surface area contributed by atoms with Crippen molar-refractivity contribution in [2.24, 2.45) is 0 Å². The summed E-state index contributed by atoms with van der Waals surface area (Å²) in [6.45, 7) is 1.31. The minimum Gasteiger partial charge on any atom is -0.397 e. The lowest BCUT2D eigenvalue weighted by atomic mass is 10.1. The summed E-state index contributed by atoms with van der Waals surface area (Å²) >= 11 is 0. The van der Waals surface area contributed by atoms with Crippen molar-refractivity contribution in [3.8, 4) is 0 Å². The number of nitrogen functional groups attached to an aromatic ring is 1. The zero-order chi connectivity index (χ0) is 14.7. The molecule has 0 saturated carbocycles. The van der Waals surface area contributed by atoms with Crippen molar-refractivity contribution in [3.63, 3.8) is 0 Å². The zero-order valence-corrected chi connectivity index (χ0v) is 11.9. The minimum atomic E-state index is -0.300. The molecule has 0 spiro atoms. The van der Waals surface area contributed by atoms with Crippen molar-refractivity contribution in [2.75, 3.05) is 51.0 Å². The molecule has 6 heteroatoms. The van der Waals surface area contributed by atoms with Gasteiger partial charge in [-0.1, -0.05) is 0 Å². The van der Waals surface area contributed by atoms with Gasteiger partial charge in [-0.05, 0) is 18.2 Å². The maximum Gasteiger partial charge on any atom is 0.254 e. The van der Waals surface area contributed by atoms with E-state index in [0.29, 0.717) is 30.9 Å². The molecule has 1 unspecified atom stereocenters. The summed E-state index contributed by atoms with van der Waals surface area (Å²) in [5, 5.41) is 9.11. The Kier molecular flexibility index (Phi) is 4.46. The summed E-state index contributed by atoms with van der Waals surface area (Å²) in [5.41, 5.74) is 7.99. The number of nitrogens with zero attached hydrogens (tertiary/aromatic N) is 2. The van der Waals surface area contributed by atoms with Gasteiger partial charge in [0.05, 0.1) is 30.7 Å². The molecule has 1 heterocycles. The van der Waals surface area contributed by atoms with Crippen LogP contribution < -0.4 is 10.6 Å². The van der Waals surface area contributed by atoms with Gasteiger partial charge in [-0.3, -0.25) is 4.79 Å². The van der Waals surface area contributed by atoms with Gasteiger partial charge >= 0.3 is 0 Å². The Hall–Kier alpha value is -1.79. The van der Waals surface area contributed by atoms with Gasteiger partial charge in [0.2, 0.25) is 0 Å². The molecule has 110 valence electrons. The van der Waals surface area contributed by atoms with Crippen molar-refractivity contribution in [1.29, 1.82) is 0 Å². The molecule has 0 radical (unpaired) electrons. The van der Waals surface area contributed by atoms with Gasteiger partial charge in [0.1, 0.15) is 0 Å². The largest absolute Gasteiger partial charge is 0.397 e. The van der Waals surface area contributed by atoms with E-state index in [-0.39, 0.29) is 18.6 Å². The van der Waals surface area contributed by atoms with Gasteiger partial charge in [-0.2, -0.15) is 0 Å². The number of nitrogens with two attached hydrogens (primary N) is 1. The van der Waals surface area contributed by atoms with Crippen LogP contribution in [0.1, 0.15) is 10.4 Å². The van der Waals surface area contributed by atoms with Gasteiger partial charge in [0, 0.05) is 32.7 Å². The number of amides is 1. The van der Waals surface area contributed by atoms with Gasteiger partial charge in [0.15, 0.2) is 0 Å². The monoisotopic (exact) mass is 279 g/mol. The first-order chi connectivity index (χ1) is 9.52. The third-order valence-electron chi connectivity index (χ3n) is 3.39.